The lowest BCUT2D eigenvalue weighted by molar-refractivity contribution is -0.119. The number of halogens is 1. The first kappa shape index (κ1) is 19.8. The third-order valence-corrected chi connectivity index (χ3v) is 7.29. The van der Waals surface area contributed by atoms with Gasteiger partial charge in [0.2, 0.25) is 15.9 Å². The standard InChI is InChI=1S/C20H23FN4O3S/c21-15-5-8-17(9-6-15)29(27,28)25-13-3-4-18(25)20(26)23-16-7-10-19(22-14-16)24-11-1-2-12-24/h5-10,14,18H,1-4,11-13H2,(H,23,26). The average molecular weight is 418 g/mol. The van der Waals surface area contributed by atoms with Crippen LogP contribution in [0.4, 0.5) is 15.9 Å². The Morgan fingerprint density at radius 1 is 1.03 bits per heavy atom. The monoisotopic (exact) mass is 418 g/mol. The summed E-state index contributed by atoms with van der Waals surface area (Å²) in [6, 6.07) is 7.49. The van der Waals surface area contributed by atoms with Gasteiger partial charge in [-0.2, -0.15) is 4.31 Å². The van der Waals surface area contributed by atoms with Crippen molar-refractivity contribution in [1.82, 2.24) is 9.29 Å². The Balaban J connectivity index is 1.47. The van der Waals surface area contributed by atoms with E-state index in [1.807, 2.05) is 6.07 Å². The molecule has 2 aliphatic heterocycles. The maximum Gasteiger partial charge on any atom is 0.243 e. The smallest absolute Gasteiger partial charge is 0.243 e. The molecule has 1 N–H and O–H groups in total. The molecule has 2 saturated heterocycles. The van der Waals surface area contributed by atoms with Crippen molar-refractivity contribution >= 4 is 27.4 Å². The van der Waals surface area contributed by atoms with E-state index in [1.165, 1.54) is 16.4 Å². The van der Waals surface area contributed by atoms with Crippen LogP contribution in [0, 0.1) is 5.82 Å². The topological polar surface area (TPSA) is 82.6 Å². The first-order valence-electron chi connectivity index (χ1n) is 9.74. The lowest BCUT2D eigenvalue weighted by Crippen LogP contribution is -2.43. The van der Waals surface area contributed by atoms with Crippen LogP contribution in [0.25, 0.3) is 0 Å². The van der Waals surface area contributed by atoms with Crippen LogP contribution < -0.4 is 10.2 Å². The largest absolute Gasteiger partial charge is 0.357 e. The number of pyridine rings is 1. The Morgan fingerprint density at radius 2 is 1.76 bits per heavy atom. The van der Waals surface area contributed by atoms with E-state index >= 15 is 0 Å². The normalized spacial score (nSPS) is 20.2. The number of benzene rings is 1. The highest BCUT2D eigenvalue weighted by atomic mass is 32.2. The molecule has 2 aromatic rings. The van der Waals surface area contributed by atoms with Crippen molar-refractivity contribution in [2.75, 3.05) is 29.9 Å². The second-order valence-electron chi connectivity index (χ2n) is 7.32. The van der Waals surface area contributed by atoms with Gasteiger partial charge in [-0.15, -0.1) is 0 Å². The first-order valence-corrected chi connectivity index (χ1v) is 11.2. The van der Waals surface area contributed by atoms with Crippen molar-refractivity contribution < 1.29 is 17.6 Å². The number of hydrogen-bond donors (Lipinski definition) is 1. The van der Waals surface area contributed by atoms with Crippen LogP contribution in [0.1, 0.15) is 25.7 Å². The fraction of sp³-hybridized carbons (Fsp3) is 0.400. The number of anilines is 2. The molecule has 0 radical (unpaired) electrons. The van der Waals surface area contributed by atoms with Gasteiger partial charge >= 0.3 is 0 Å². The molecule has 1 aromatic heterocycles. The zero-order valence-corrected chi connectivity index (χ0v) is 16.7. The number of carbonyl (C=O) groups excluding carboxylic acids is 1. The molecule has 0 aliphatic carbocycles. The van der Waals surface area contributed by atoms with Gasteiger partial charge < -0.3 is 10.2 Å². The molecule has 1 unspecified atom stereocenters. The number of rotatable bonds is 5. The predicted octanol–water partition coefficient (Wildman–Crippen LogP) is 2.61. The van der Waals surface area contributed by atoms with Gasteiger partial charge in [0.05, 0.1) is 16.8 Å². The summed E-state index contributed by atoms with van der Waals surface area (Å²) in [7, 11) is -3.88. The second-order valence-corrected chi connectivity index (χ2v) is 9.21. The quantitative estimate of drug-likeness (QED) is 0.807. The van der Waals surface area contributed by atoms with Crippen LogP contribution in [0.5, 0.6) is 0 Å². The Labute approximate surface area is 169 Å². The molecule has 1 atom stereocenters. The van der Waals surface area contributed by atoms with Gasteiger partial charge in [-0.1, -0.05) is 0 Å². The first-order chi connectivity index (χ1) is 13.9. The molecule has 9 heteroatoms. The van der Waals surface area contributed by atoms with E-state index in [0.29, 0.717) is 18.5 Å². The lowest BCUT2D eigenvalue weighted by Gasteiger charge is -2.23. The highest BCUT2D eigenvalue weighted by molar-refractivity contribution is 7.89. The average Bonchev–Trinajstić information content (AvgIpc) is 3.41. The molecule has 0 saturated carbocycles. The van der Waals surface area contributed by atoms with E-state index in [9.17, 15) is 17.6 Å². The Bertz CT molecular complexity index is 974. The van der Waals surface area contributed by atoms with E-state index < -0.39 is 21.9 Å². The van der Waals surface area contributed by atoms with E-state index in [2.05, 4.69) is 15.2 Å². The maximum absolute atomic E-state index is 13.1. The van der Waals surface area contributed by atoms with Gasteiger partial charge in [-0.3, -0.25) is 4.79 Å². The Hall–Kier alpha value is -2.52. The number of nitrogens with one attached hydrogen (secondary N) is 1. The molecule has 1 amide bonds. The third kappa shape index (κ3) is 4.11. The summed E-state index contributed by atoms with van der Waals surface area (Å²) in [5.74, 6) is -0.0182. The molecule has 7 nitrogen and oxygen atoms in total. The summed E-state index contributed by atoms with van der Waals surface area (Å²) in [6.07, 6.45) is 4.93. The van der Waals surface area contributed by atoms with Crippen molar-refractivity contribution in [3.8, 4) is 0 Å². The molecule has 0 bridgehead atoms. The minimum absolute atomic E-state index is 0.0183. The number of carbonyl (C=O) groups is 1. The summed E-state index contributed by atoms with van der Waals surface area (Å²) in [5.41, 5.74) is 0.531. The molecule has 2 aliphatic rings. The van der Waals surface area contributed by atoms with Crippen molar-refractivity contribution in [3.63, 3.8) is 0 Å². The molecule has 2 fully saturated rings. The molecular formula is C20H23FN4O3S. The van der Waals surface area contributed by atoms with E-state index in [-0.39, 0.29) is 17.3 Å². The Morgan fingerprint density at radius 3 is 2.41 bits per heavy atom. The van der Waals surface area contributed by atoms with Gasteiger partial charge in [-0.05, 0) is 62.1 Å². The van der Waals surface area contributed by atoms with Crippen molar-refractivity contribution in [2.45, 2.75) is 36.6 Å². The zero-order valence-electron chi connectivity index (χ0n) is 15.9. The van der Waals surface area contributed by atoms with Crippen LogP contribution in [-0.4, -0.2) is 49.3 Å². The molecule has 3 heterocycles. The molecule has 154 valence electrons. The number of nitrogens with zero attached hydrogens (tertiary/aromatic N) is 3. The van der Waals surface area contributed by atoms with Crippen LogP contribution >= 0.6 is 0 Å². The molecule has 0 spiro atoms. The van der Waals surface area contributed by atoms with Gasteiger partial charge in [0.25, 0.3) is 0 Å². The SMILES string of the molecule is O=C(Nc1ccc(N2CCCC2)nc1)C1CCCN1S(=O)(=O)c1ccc(F)cc1. The van der Waals surface area contributed by atoms with E-state index in [0.717, 1.165) is 43.9 Å². The van der Waals surface area contributed by atoms with Crippen LogP contribution in [0.15, 0.2) is 47.5 Å². The van der Waals surface area contributed by atoms with Crippen molar-refractivity contribution in [3.05, 3.63) is 48.4 Å². The Kier molecular flexibility index (Phi) is 5.51. The minimum atomic E-state index is -3.88. The summed E-state index contributed by atoms with van der Waals surface area (Å²) in [4.78, 5) is 19.4. The fourth-order valence-electron chi connectivity index (χ4n) is 3.85. The van der Waals surface area contributed by atoms with Crippen LogP contribution in [0.3, 0.4) is 0 Å². The molecule has 1 aromatic carbocycles. The molecule has 4 rings (SSSR count). The van der Waals surface area contributed by atoms with Gasteiger partial charge in [0, 0.05) is 19.6 Å². The number of amides is 1. The molecule has 29 heavy (non-hydrogen) atoms. The summed E-state index contributed by atoms with van der Waals surface area (Å²) in [6.45, 7) is 2.22. The van der Waals surface area contributed by atoms with Crippen molar-refractivity contribution in [1.29, 1.82) is 0 Å². The maximum atomic E-state index is 13.1. The van der Waals surface area contributed by atoms with Gasteiger partial charge in [0.1, 0.15) is 17.7 Å². The number of aromatic nitrogens is 1. The number of sulfonamides is 1. The van der Waals surface area contributed by atoms with Gasteiger partial charge in [0.15, 0.2) is 0 Å². The van der Waals surface area contributed by atoms with Gasteiger partial charge in [-0.25, -0.2) is 17.8 Å². The highest BCUT2D eigenvalue weighted by Crippen LogP contribution is 2.27. The second kappa shape index (κ2) is 8.08. The summed E-state index contributed by atoms with van der Waals surface area (Å²) in [5, 5.41) is 2.78. The fourth-order valence-corrected chi connectivity index (χ4v) is 5.51. The highest BCUT2D eigenvalue weighted by Gasteiger charge is 2.39. The third-order valence-electron chi connectivity index (χ3n) is 5.37. The predicted molar refractivity (Wildman–Crippen MR) is 108 cm³/mol. The lowest BCUT2D eigenvalue weighted by atomic mass is 10.2. The van der Waals surface area contributed by atoms with Crippen LogP contribution in [0.2, 0.25) is 0 Å². The number of hydrogen-bond acceptors (Lipinski definition) is 5. The zero-order chi connectivity index (χ0) is 20.4. The van der Waals surface area contributed by atoms with Crippen LogP contribution in [-0.2, 0) is 14.8 Å². The van der Waals surface area contributed by atoms with Crippen molar-refractivity contribution in [2.24, 2.45) is 0 Å². The summed E-state index contributed by atoms with van der Waals surface area (Å²) < 4.78 is 40.2. The minimum Gasteiger partial charge on any atom is -0.357 e. The summed E-state index contributed by atoms with van der Waals surface area (Å²) >= 11 is 0. The molecular weight excluding hydrogens is 395 g/mol. The van der Waals surface area contributed by atoms with E-state index in [1.54, 1.807) is 12.3 Å². The van der Waals surface area contributed by atoms with E-state index in [4.69, 9.17) is 0 Å².